The lowest BCUT2D eigenvalue weighted by Gasteiger charge is -2.14. The highest BCUT2D eigenvalue weighted by Gasteiger charge is 2.10. The van der Waals surface area contributed by atoms with Crippen LogP contribution in [-0.4, -0.2) is 29.3 Å². The fourth-order valence-corrected chi connectivity index (χ4v) is 1.63. The van der Waals surface area contributed by atoms with E-state index in [4.69, 9.17) is 5.11 Å². The quantitative estimate of drug-likeness (QED) is 0.697. The highest BCUT2D eigenvalue weighted by atomic mass is 16.4. The fourth-order valence-electron chi connectivity index (χ4n) is 1.63. The molecule has 1 aromatic carbocycles. The summed E-state index contributed by atoms with van der Waals surface area (Å²) in [5.74, 6) is -0.923. The van der Waals surface area contributed by atoms with Crippen molar-refractivity contribution in [3.05, 3.63) is 34.9 Å². The third-order valence-corrected chi connectivity index (χ3v) is 2.40. The number of hydrogen-bond donors (Lipinski definition) is 3. The first-order valence-electron chi connectivity index (χ1n) is 5.18. The maximum absolute atomic E-state index is 10.3. The lowest BCUT2D eigenvalue weighted by Crippen LogP contribution is -2.27. The van der Waals surface area contributed by atoms with Gasteiger partial charge in [0.05, 0.1) is 12.6 Å². The van der Waals surface area contributed by atoms with Crippen molar-refractivity contribution in [2.45, 2.75) is 20.0 Å². The molecule has 0 spiro atoms. The molecule has 1 atom stereocenters. The summed E-state index contributed by atoms with van der Waals surface area (Å²) in [6.45, 7) is 4.03. The second kappa shape index (κ2) is 5.63. The summed E-state index contributed by atoms with van der Waals surface area (Å²) in [7, 11) is 0. The van der Waals surface area contributed by atoms with Crippen molar-refractivity contribution in [3.63, 3.8) is 0 Å². The number of hydrogen-bond acceptors (Lipinski definition) is 3. The van der Waals surface area contributed by atoms with Crippen LogP contribution in [0.5, 0.6) is 0 Å². The summed E-state index contributed by atoms with van der Waals surface area (Å²) in [4.78, 5) is 10.3. The van der Waals surface area contributed by atoms with Crippen molar-refractivity contribution < 1.29 is 15.0 Å². The standard InChI is InChI=1S/C12H17NO3/c1-8-3-4-10(9(2)5-8)11(14)6-13-7-12(15)16/h3-5,11,13-14H,6-7H2,1-2H3,(H,15,16). The highest BCUT2D eigenvalue weighted by Crippen LogP contribution is 2.18. The molecule has 1 aromatic rings. The van der Waals surface area contributed by atoms with Crippen LogP contribution in [0.15, 0.2) is 18.2 Å². The van der Waals surface area contributed by atoms with E-state index in [-0.39, 0.29) is 13.1 Å². The summed E-state index contributed by atoms with van der Waals surface area (Å²) in [6, 6.07) is 5.80. The van der Waals surface area contributed by atoms with Crippen molar-refractivity contribution in [1.29, 1.82) is 0 Å². The van der Waals surface area contributed by atoms with E-state index in [0.717, 1.165) is 16.7 Å². The fraction of sp³-hybridized carbons (Fsp3) is 0.417. The average Bonchev–Trinajstić information content (AvgIpc) is 2.16. The zero-order valence-electron chi connectivity index (χ0n) is 9.53. The number of nitrogens with one attached hydrogen (secondary N) is 1. The molecule has 0 saturated carbocycles. The summed E-state index contributed by atoms with van der Waals surface area (Å²) < 4.78 is 0. The predicted molar refractivity (Wildman–Crippen MR) is 61.4 cm³/mol. The van der Waals surface area contributed by atoms with Crippen molar-refractivity contribution in [3.8, 4) is 0 Å². The van der Waals surface area contributed by atoms with Crippen LogP contribution in [0.4, 0.5) is 0 Å². The number of aliphatic hydroxyl groups excluding tert-OH is 1. The zero-order chi connectivity index (χ0) is 12.1. The van der Waals surface area contributed by atoms with Crippen LogP contribution in [0.1, 0.15) is 22.8 Å². The smallest absolute Gasteiger partial charge is 0.317 e. The van der Waals surface area contributed by atoms with Gasteiger partial charge in [0.1, 0.15) is 0 Å². The Hall–Kier alpha value is -1.39. The second-order valence-electron chi connectivity index (χ2n) is 3.90. The molecule has 0 aromatic heterocycles. The molecule has 0 radical (unpaired) electrons. The number of carbonyl (C=O) groups is 1. The maximum atomic E-state index is 10.3. The van der Waals surface area contributed by atoms with Gasteiger partial charge >= 0.3 is 5.97 Å². The van der Waals surface area contributed by atoms with Crippen molar-refractivity contribution in [1.82, 2.24) is 5.32 Å². The molecule has 4 heteroatoms. The lowest BCUT2D eigenvalue weighted by molar-refractivity contribution is -0.136. The van der Waals surface area contributed by atoms with E-state index in [2.05, 4.69) is 5.32 Å². The number of carboxylic acid groups (broad SMARTS) is 1. The van der Waals surface area contributed by atoms with Gasteiger partial charge in [0, 0.05) is 6.54 Å². The third kappa shape index (κ3) is 3.64. The molecule has 0 heterocycles. The van der Waals surface area contributed by atoms with E-state index < -0.39 is 12.1 Å². The molecule has 16 heavy (non-hydrogen) atoms. The van der Waals surface area contributed by atoms with Gasteiger partial charge in [-0.15, -0.1) is 0 Å². The third-order valence-electron chi connectivity index (χ3n) is 2.40. The van der Waals surface area contributed by atoms with Crippen LogP contribution in [0, 0.1) is 13.8 Å². The first-order valence-corrected chi connectivity index (χ1v) is 5.18. The molecule has 1 unspecified atom stereocenters. The van der Waals surface area contributed by atoms with Crippen molar-refractivity contribution in [2.24, 2.45) is 0 Å². The van der Waals surface area contributed by atoms with E-state index in [1.165, 1.54) is 0 Å². The monoisotopic (exact) mass is 223 g/mol. The van der Waals surface area contributed by atoms with Gasteiger partial charge in [-0.2, -0.15) is 0 Å². The molecular weight excluding hydrogens is 206 g/mol. The molecule has 1 rings (SSSR count). The minimum Gasteiger partial charge on any atom is -0.480 e. The van der Waals surface area contributed by atoms with Gasteiger partial charge in [-0.05, 0) is 25.0 Å². The molecule has 88 valence electrons. The number of aliphatic carboxylic acids is 1. The molecule has 0 aliphatic heterocycles. The van der Waals surface area contributed by atoms with Crippen LogP contribution in [0.25, 0.3) is 0 Å². The molecular formula is C12H17NO3. The number of aliphatic hydroxyl groups is 1. The molecule has 3 N–H and O–H groups in total. The number of aryl methyl sites for hydroxylation is 2. The van der Waals surface area contributed by atoms with E-state index in [0.29, 0.717) is 0 Å². The molecule has 0 aliphatic rings. The Bertz CT molecular complexity index is 377. The van der Waals surface area contributed by atoms with E-state index >= 15 is 0 Å². The van der Waals surface area contributed by atoms with Crippen LogP contribution in [0.3, 0.4) is 0 Å². The van der Waals surface area contributed by atoms with Gasteiger partial charge in [-0.3, -0.25) is 4.79 Å². The van der Waals surface area contributed by atoms with Crippen LogP contribution in [-0.2, 0) is 4.79 Å². The minimum absolute atomic E-state index is 0.137. The Kier molecular flexibility index (Phi) is 4.46. The molecule has 0 saturated heterocycles. The Morgan fingerprint density at radius 2 is 2.12 bits per heavy atom. The number of carboxylic acids is 1. The number of rotatable bonds is 5. The first-order chi connectivity index (χ1) is 7.50. The van der Waals surface area contributed by atoms with Gasteiger partial charge in [-0.25, -0.2) is 0 Å². The Balaban J connectivity index is 2.58. The van der Waals surface area contributed by atoms with Gasteiger partial charge in [0.2, 0.25) is 0 Å². The van der Waals surface area contributed by atoms with Gasteiger partial charge in [-0.1, -0.05) is 23.8 Å². The topological polar surface area (TPSA) is 69.6 Å². The van der Waals surface area contributed by atoms with E-state index in [1.54, 1.807) is 0 Å². The van der Waals surface area contributed by atoms with Crippen LogP contribution < -0.4 is 5.32 Å². The Morgan fingerprint density at radius 1 is 1.44 bits per heavy atom. The summed E-state index contributed by atoms with van der Waals surface area (Å²) >= 11 is 0. The predicted octanol–water partition coefficient (Wildman–Crippen LogP) is 1.01. The van der Waals surface area contributed by atoms with Gasteiger partial charge < -0.3 is 15.5 Å². The number of benzene rings is 1. The van der Waals surface area contributed by atoms with Crippen molar-refractivity contribution in [2.75, 3.05) is 13.1 Å². The zero-order valence-corrected chi connectivity index (χ0v) is 9.53. The Labute approximate surface area is 94.9 Å². The van der Waals surface area contributed by atoms with Gasteiger partial charge in [0.25, 0.3) is 0 Å². The first kappa shape index (κ1) is 12.7. The molecule has 0 bridgehead atoms. The van der Waals surface area contributed by atoms with E-state index in [1.807, 2.05) is 32.0 Å². The summed E-state index contributed by atoms with van der Waals surface area (Å²) in [5.41, 5.74) is 3.00. The SMILES string of the molecule is Cc1ccc(C(O)CNCC(=O)O)c(C)c1. The maximum Gasteiger partial charge on any atom is 0.317 e. The normalized spacial score (nSPS) is 12.4. The average molecular weight is 223 g/mol. The summed E-state index contributed by atoms with van der Waals surface area (Å²) in [6.07, 6.45) is -0.667. The summed E-state index contributed by atoms with van der Waals surface area (Å²) in [5, 5.41) is 21.0. The Morgan fingerprint density at radius 3 is 2.69 bits per heavy atom. The molecule has 0 amide bonds. The molecule has 0 fully saturated rings. The second-order valence-corrected chi connectivity index (χ2v) is 3.90. The minimum atomic E-state index is -0.923. The van der Waals surface area contributed by atoms with Crippen LogP contribution in [0.2, 0.25) is 0 Å². The van der Waals surface area contributed by atoms with Crippen molar-refractivity contribution >= 4 is 5.97 Å². The van der Waals surface area contributed by atoms with E-state index in [9.17, 15) is 9.90 Å². The lowest BCUT2D eigenvalue weighted by atomic mass is 10.0. The largest absolute Gasteiger partial charge is 0.480 e. The van der Waals surface area contributed by atoms with Crippen LogP contribution >= 0.6 is 0 Å². The molecule has 4 nitrogen and oxygen atoms in total. The highest BCUT2D eigenvalue weighted by molar-refractivity contribution is 5.68. The molecule has 0 aliphatic carbocycles. The van der Waals surface area contributed by atoms with Gasteiger partial charge in [0.15, 0.2) is 0 Å².